The van der Waals surface area contributed by atoms with Crippen LogP contribution in [0.4, 0.5) is 14.5 Å². The van der Waals surface area contributed by atoms with Crippen LogP contribution in [0.3, 0.4) is 0 Å². The molecule has 0 heterocycles. The third-order valence-corrected chi connectivity index (χ3v) is 2.04. The zero-order valence-electron chi connectivity index (χ0n) is 8.26. The Kier molecular flexibility index (Phi) is 3.60. The Morgan fingerprint density at radius 3 is 2.80 bits per heavy atom. The van der Waals surface area contributed by atoms with Gasteiger partial charge in [-0.15, -0.1) is 0 Å². The molecule has 0 radical (unpaired) electrons. The van der Waals surface area contributed by atoms with E-state index >= 15 is 0 Å². The fourth-order valence-electron chi connectivity index (χ4n) is 1.16. The Balaban J connectivity index is 2.78. The zero-order chi connectivity index (χ0) is 11.4. The highest BCUT2D eigenvalue weighted by Crippen LogP contribution is 2.15. The number of carbonyl (C=O) groups is 1. The number of carbonyl (C=O) groups excluding carboxylic acids is 1. The van der Waals surface area contributed by atoms with Gasteiger partial charge in [0.2, 0.25) is 0 Å². The molecule has 0 spiro atoms. The molecular weight excluding hydrogens is 202 g/mol. The first-order chi connectivity index (χ1) is 7.02. The number of anilines is 1. The van der Waals surface area contributed by atoms with E-state index in [2.05, 4.69) is 5.32 Å². The molecule has 0 saturated heterocycles. The maximum Gasteiger partial charge on any atom is 0.255 e. The highest BCUT2D eigenvalue weighted by Gasteiger charge is 2.11. The van der Waals surface area contributed by atoms with E-state index in [0.29, 0.717) is 16.8 Å². The van der Waals surface area contributed by atoms with E-state index in [1.54, 1.807) is 25.1 Å². The van der Waals surface area contributed by atoms with E-state index in [4.69, 9.17) is 5.73 Å². The first kappa shape index (κ1) is 11.4. The Morgan fingerprint density at radius 1 is 1.53 bits per heavy atom. The smallest absolute Gasteiger partial charge is 0.255 e. The van der Waals surface area contributed by atoms with Crippen LogP contribution in [0.2, 0.25) is 0 Å². The lowest BCUT2D eigenvalue weighted by molar-refractivity contribution is 0.0891. The minimum atomic E-state index is -2.55. The fourth-order valence-corrected chi connectivity index (χ4v) is 1.16. The molecule has 1 rings (SSSR count). The van der Waals surface area contributed by atoms with Crippen molar-refractivity contribution in [2.45, 2.75) is 13.3 Å². The standard InChI is InChI=1S/C10H12F2N2O/c1-6-7(3-2-4-8(6)13)10(15)14-5-9(11)12/h2-4,9H,5,13H2,1H3,(H,14,15). The summed E-state index contributed by atoms with van der Waals surface area (Å²) in [5, 5.41) is 2.12. The van der Waals surface area contributed by atoms with Crippen molar-refractivity contribution >= 4 is 11.6 Å². The summed E-state index contributed by atoms with van der Waals surface area (Å²) >= 11 is 0. The second kappa shape index (κ2) is 4.72. The molecule has 15 heavy (non-hydrogen) atoms. The number of amides is 1. The van der Waals surface area contributed by atoms with Gasteiger partial charge in [0.15, 0.2) is 0 Å². The molecule has 1 aromatic carbocycles. The number of hydrogen-bond donors (Lipinski definition) is 2. The van der Waals surface area contributed by atoms with Crippen molar-refractivity contribution in [1.29, 1.82) is 0 Å². The topological polar surface area (TPSA) is 55.1 Å². The third kappa shape index (κ3) is 2.90. The normalized spacial score (nSPS) is 10.4. The summed E-state index contributed by atoms with van der Waals surface area (Å²) < 4.78 is 23.7. The molecule has 82 valence electrons. The molecule has 0 aromatic heterocycles. The minimum Gasteiger partial charge on any atom is -0.398 e. The van der Waals surface area contributed by atoms with Crippen LogP contribution in [-0.2, 0) is 0 Å². The van der Waals surface area contributed by atoms with Gasteiger partial charge >= 0.3 is 0 Å². The Morgan fingerprint density at radius 2 is 2.20 bits per heavy atom. The van der Waals surface area contributed by atoms with Gasteiger partial charge in [-0.3, -0.25) is 4.79 Å². The van der Waals surface area contributed by atoms with Crippen molar-refractivity contribution in [2.75, 3.05) is 12.3 Å². The van der Waals surface area contributed by atoms with Crippen LogP contribution in [0.1, 0.15) is 15.9 Å². The first-order valence-electron chi connectivity index (χ1n) is 4.44. The van der Waals surface area contributed by atoms with E-state index in [0.717, 1.165) is 0 Å². The largest absolute Gasteiger partial charge is 0.398 e. The second-order valence-electron chi connectivity index (χ2n) is 3.12. The Bertz CT molecular complexity index is 366. The molecule has 0 bridgehead atoms. The number of nitrogens with one attached hydrogen (secondary N) is 1. The molecule has 0 aliphatic rings. The van der Waals surface area contributed by atoms with Crippen LogP contribution < -0.4 is 11.1 Å². The van der Waals surface area contributed by atoms with Crippen molar-refractivity contribution in [3.63, 3.8) is 0 Å². The number of nitrogen functional groups attached to an aromatic ring is 1. The molecule has 0 fully saturated rings. The predicted octanol–water partition coefficient (Wildman–Crippen LogP) is 1.57. The van der Waals surface area contributed by atoms with E-state index in [1.165, 1.54) is 0 Å². The quantitative estimate of drug-likeness (QED) is 0.750. The van der Waals surface area contributed by atoms with Crippen LogP contribution in [0.15, 0.2) is 18.2 Å². The highest BCUT2D eigenvalue weighted by atomic mass is 19.3. The van der Waals surface area contributed by atoms with Gasteiger partial charge in [0.05, 0.1) is 6.54 Å². The van der Waals surface area contributed by atoms with E-state index in [-0.39, 0.29) is 0 Å². The van der Waals surface area contributed by atoms with E-state index in [9.17, 15) is 13.6 Å². The number of benzene rings is 1. The lowest BCUT2D eigenvalue weighted by Gasteiger charge is -2.08. The molecule has 0 aliphatic carbocycles. The lowest BCUT2D eigenvalue weighted by atomic mass is 10.1. The monoisotopic (exact) mass is 214 g/mol. The van der Waals surface area contributed by atoms with Gasteiger partial charge in [0, 0.05) is 11.3 Å². The van der Waals surface area contributed by atoms with Crippen molar-refractivity contribution in [3.8, 4) is 0 Å². The van der Waals surface area contributed by atoms with E-state index < -0.39 is 18.9 Å². The van der Waals surface area contributed by atoms with Gasteiger partial charge in [0.25, 0.3) is 12.3 Å². The van der Waals surface area contributed by atoms with Crippen molar-refractivity contribution in [2.24, 2.45) is 0 Å². The van der Waals surface area contributed by atoms with Crippen LogP contribution in [0.25, 0.3) is 0 Å². The molecule has 0 aliphatic heterocycles. The van der Waals surface area contributed by atoms with Gasteiger partial charge in [-0.05, 0) is 24.6 Å². The van der Waals surface area contributed by atoms with Gasteiger partial charge in [0.1, 0.15) is 0 Å². The number of hydrogen-bond acceptors (Lipinski definition) is 2. The molecular formula is C10H12F2N2O. The number of rotatable bonds is 3. The summed E-state index contributed by atoms with van der Waals surface area (Å²) in [4.78, 5) is 11.4. The van der Waals surface area contributed by atoms with Gasteiger partial charge < -0.3 is 11.1 Å². The number of alkyl halides is 2. The summed E-state index contributed by atoms with van der Waals surface area (Å²) in [5.41, 5.74) is 6.99. The molecule has 0 unspecified atom stereocenters. The molecule has 1 amide bonds. The molecule has 5 heteroatoms. The van der Waals surface area contributed by atoms with E-state index in [1.807, 2.05) is 0 Å². The van der Waals surface area contributed by atoms with Crippen molar-refractivity contribution in [1.82, 2.24) is 5.32 Å². The molecule has 0 saturated carbocycles. The zero-order valence-corrected chi connectivity index (χ0v) is 8.26. The summed E-state index contributed by atoms with van der Waals surface area (Å²) in [6.45, 7) is 1.03. The summed E-state index contributed by atoms with van der Waals surface area (Å²) in [6.07, 6.45) is -2.55. The Labute approximate surface area is 86.3 Å². The molecule has 0 atom stereocenters. The first-order valence-corrected chi connectivity index (χ1v) is 4.44. The molecule has 3 nitrogen and oxygen atoms in total. The lowest BCUT2D eigenvalue weighted by Crippen LogP contribution is -2.29. The van der Waals surface area contributed by atoms with Gasteiger partial charge in [-0.25, -0.2) is 8.78 Å². The fraction of sp³-hybridized carbons (Fsp3) is 0.300. The van der Waals surface area contributed by atoms with Crippen LogP contribution in [-0.4, -0.2) is 18.9 Å². The van der Waals surface area contributed by atoms with Crippen LogP contribution in [0.5, 0.6) is 0 Å². The number of nitrogens with two attached hydrogens (primary N) is 1. The minimum absolute atomic E-state index is 0.329. The Hall–Kier alpha value is -1.65. The van der Waals surface area contributed by atoms with Crippen molar-refractivity contribution in [3.05, 3.63) is 29.3 Å². The van der Waals surface area contributed by atoms with Gasteiger partial charge in [-0.1, -0.05) is 6.07 Å². The van der Waals surface area contributed by atoms with Crippen LogP contribution >= 0.6 is 0 Å². The predicted molar refractivity (Wildman–Crippen MR) is 53.9 cm³/mol. The SMILES string of the molecule is Cc1c(N)cccc1C(=O)NCC(F)F. The maximum absolute atomic E-state index is 11.9. The maximum atomic E-state index is 11.9. The molecule has 3 N–H and O–H groups in total. The van der Waals surface area contributed by atoms with Gasteiger partial charge in [-0.2, -0.15) is 0 Å². The number of halogens is 2. The summed E-state index contributed by atoms with van der Waals surface area (Å²) in [6, 6.07) is 4.81. The third-order valence-electron chi connectivity index (χ3n) is 2.04. The average molecular weight is 214 g/mol. The summed E-state index contributed by atoms with van der Waals surface area (Å²) in [5.74, 6) is -0.528. The average Bonchev–Trinajstić information content (AvgIpc) is 2.18. The van der Waals surface area contributed by atoms with Crippen LogP contribution in [0, 0.1) is 6.92 Å². The summed E-state index contributed by atoms with van der Waals surface area (Å²) in [7, 11) is 0. The highest BCUT2D eigenvalue weighted by molar-refractivity contribution is 5.96. The van der Waals surface area contributed by atoms with Crippen molar-refractivity contribution < 1.29 is 13.6 Å². The molecule has 1 aromatic rings. The second-order valence-corrected chi connectivity index (χ2v) is 3.12.